The van der Waals surface area contributed by atoms with Crippen LogP contribution >= 0.6 is 0 Å². The molecule has 1 unspecified atom stereocenters. The number of nitrogens with one attached hydrogen (secondary N) is 1. The highest BCUT2D eigenvalue weighted by Gasteiger charge is 2.27. The number of aryl methyl sites for hydroxylation is 1. The van der Waals surface area contributed by atoms with Gasteiger partial charge in [0.05, 0.1) is 23.4 Å². The minimum absolute atomic E-state index is 0.0493. The van der Waals surface area contributed by atoms with Gasteiger partial charge in [-0.25, -0.2) is 13.1 Å². The molecule has 2 aromatic rings. The molecule has 0 bridgehead atoms. The van der Waals surface area contributed by atoms with Crippen molar-refractivity contribution in [1.29, 1.82) is 0 Å². The Morgan fingerprint density at radius 2 is 2.08 bits per heavy atom. The van der Waals surface area contributed by atoms with Crippen molar-refractivity contribution in [2.75, 3.05) is 18.1 Å². The van der Waals surface area contributed by atoms with Gasteiger partial charge in [0.1, 0.15) is 0 Å². The molecule has 1 amide bonds. The lowest BCUT2D eigenvalue weighted by Gasteiger charge is -2.09. The van der Waals surface area contributed by atoms with E-state index >= 15 is 0 Å². The second-order valence-electron chi connectivity index (χ2n) is 6.20. The fourth-order valence-electron chi connectivity index (χ4n) is 2.85. The van der Waals surface area contributed by atoms with Gasteiger partial charge in [0.15, 0.2) is 9.84 Å². The van der Waals surface area contributed by atoms with E-state index in [9.17, 15) is 13.2 Å². The van der Waals surface area contributed by atoms with Crippen LogP contribution in [-0.2, 0) is 21.1 Å². The lowest BCUT2D eigenvalue weighted by Crippen LogP contribution is -2.29. The van der Waals surface area contributed by atoms with Crippen LogP contribution in [0.15, 0.2) is 42.7 Å². The Morgan fingerprint density at radius 3 is 2.79 bits per heavy atom. The molecular weight excluding hydrogens is 326 g/mol. The summed E-state index contributed by atoms with van der Waals surface area (Å²) in [4.78, 5) is 11.9. The van der Waals surface area contributed by atoms with E-state index in [0.717, 1.165) is 11.3 Å². The summed E-state index contributed by atoms with van der Waals surface area (Å²) in [7, 11) is -2.88. The van der Waals surface area contributed by atoms with Gasteiger partial charge in [-0.05, 0) is 36.5 Å². The fourth-order valence-corrected chi connectivity index (χ4v) is 4.71. The maximum absolute atomic E-state index is 11.9. The molecule has 1 aliphatic heterocycles. The van der Waals surface area contributed by atoms with Gasteiger partial charge in [0, 0.05) is 19.2 Å². The molecule has 0 spiro atoms. The third kappa shape index (κ3) is 4.44. The second-order valence-corrected chi connectivity index (χ2v) is 8.43. The molecule has 1 aromatic heterocycles. The molecule has 1 aromatic carbocycles. The number of carbonyl (C=O) groups excluding carboxylic acids is 1. The molecule has 2 heterocycles. The van der Waals surface area contributed by atoms with Gasteiger partial charge < -0.3 is 5.32 Å². The average molecular weight is 347 g/mol. The van der Waals surface area contributed by atoms with Crippen molar-refractivity contribution in [3.63, 3.8) is 0 Å². The third-order valence-corrected chi connectivity index (χ3v) is 6.05. The Bertz CT molecular complexity index is 799. The van der Waals surface area contributed by atoms with E-state index in [1.807, 2.05) is 36.5 Å². The van der Waals surface area contributed by atoms with Crippen LogP contribution in [0, 0.1) is 5.92 Å². The van der Waals surface area contributed by atoms with Crippen LogP contribution in [0.1, 0.15) is 18.4 Å². The standard InChI is InChI=1S/C17H21N3O3S/c21-17(18-10-15-8-9-24(22,23)13-15)7-6-14-11-19-20(12-14)16-4-2-1-3-5-16/h1-5,11-12,15H,6-10,13H2,(H,18,21). The summed E-state index contributed by atoms with van der Waals surface area (Å²) in [6.07, 6.45) is 5.32. The average Bonchev–Trinajstić information content (AvgIpc) is 3.18. The first-order valence-corrected chi connectivity index (χ1v) is 9.90. The molecule has 1 fully saturated rings. The van der Waals surface area contributed by atoms with Crippen LogP contribution in [0.5, 0.6) is 0 Å². The van der Waals surface area contributed by atoms with Gasteiger partial charge in [0.25, 0.3) is 0 Å². The Balaban J connectivity index is 1.44. The lowest BCUT2D eigenvalue weighted by atomic mass is 10.1. The normalized spacial score (nSPS) is 19.2. The first-order chi connectivity index (χ1) is 11.5. The number of hydrogen-bond acceptors (Lipinski definition) is 4. The van der Waals surface area contributed by atoms with Gasteiger partial charge in [0.2, 0.25) is 5.91 Å². The van der Waals surface area contributed by atoms with Crippen molar-refractivity contribution in [2.24, 2.45) is 5.92 Å². The fraction of sp³-hybridized carbons (Fsp3) is 0.412. The summed E-state index contributed by atoms with van der Waals surface area (Å²) in [5.74, 6) is 0.440. The number of benzene rings is 1. The van der Waals surface area contributed by atoms with E-state index in [4.69, 9.17) is 0 Å². The van der Waals surface area contributed by atoms with Crippen LogP contribution in [0.2, 0.25) is 0 Å². The Kier molecular flexibility index (Phi) is 4.99. The third-order valence-electron chi connectivity index (χ3n) is 4.21. The van der Waals surface area contributed by atoms with Crippen molar-refractivity contribution in [3.8, 4) is 5.69 Å². The number of hydrogen-bond donors (Lipinski definition) is 1. The highest BCUT2D eigenvalue weighted by Crippen LogP contribution is 2.17. The highest BCUT2D eigenvalue weighted by atomic mass is 32.2. The Labute approximate surface area is 141 Å². The largest absolute Gasteiger partial charge is 0.356 e. The topological polar surface area (TPSA) is 81.1 Å². The number of para-hydroxylation sites is 1. The maximum Gasteiger partial charge on any atom is 0.220 e. The van der Waals surface area contributed by atoms with E-state index in [2.05, 4.69) is 10.4 Å². The molecule has 0 aliphatic carbocycles. The zero-order chi connectivity index (χ0) is 17.0. The molecule has 1 aliphatic rings. The van der Waals surface area contributed by atoms with E-state index in [0.29, 0.717) is 25.8 Å². The molecule has 3 rings (SSSR count). The van der Waals surface area contributed by atoms with Crippen molar-refractivity contribution >= 4 is 15.7 Å². The number of aromatic nitrogens is 2. The van der Waals surface area contributed by atoms with Gasteiger partial charge in [-0.3, -0.25) is 4.79 Å². The number of rotatable bonds is 6. The molecular formula is C17H21N3O3S. The quantitative estimate of drug-likeness (QED) is 0.855. The molecule has 7 heteroatoms. The van der Waals surface area contributed by atoms with Crippen LogP contribution in [0.25, 0.3) is 5.69 Å². The Hall–Kier alpha value is -2.15. The lowest BCUT2D eigenvalue weighted by molar-refractivity contribution is -0.121. The highest BCUT2D eigenvalue weighted by molar-refractivity contribution is 7.91. The molecule has 6 nitrogen and oxygen atoms in total. The molecule has 1 atom stereocenters. The van der Waals surface area contributed by atoms with Crippen LogP contribution in [0.3, 0.4) is 0 Å². The summed E-state index contributed by atoms with van der Waals surface area (Å²) in [5.41, 5.74) is 1.98. The monoisotopic (exact) mass is 347 g/mol. The zero-order valence-electron chi connectivity index (χ0n) is 13.4. The smallest absolute Gasteiger partial charge is 0.220 e. The van der Waals surface area contributed by atoms with E-state index in [-0.39, 0.29) is 23.3 Å². The Morgan fingerprint density at radius 1 is 1.29 bits per heavy atom. The molecule has 1 N–H and O–H groups in total. The van der Waals surface area contributed by atoms with Crippen LogP contribution < -0.4 is 5.32 Å². The second kappa shape index (κ2) is 7.17. The molecule has 1 saturated heterocycles. The van der Waals surface area contributed by atoms with Crippen molar-refractivity contribution in [1.82, 2.24) is 15.1 Å². The van der Waals surface area contributed by atoms with E-state index < -0.39 is 9.84 Å². The van der Waals surface area contributed by atoms with E-state index in [1.165, 1.54) is 0 Å². The van der Waals surface area contributed by atoms with Gasteiger partial charge in [-0.2, -0.15) is 5.10 Å². The molecule has 0 radical (unpaired) electrons. The summed E-state index contributed by atoms with van der Waals surface area (Å²) in [5, 5.41) is 7.15. The number of carbonyl (C=O) groups is 1. The predicted molar refractivity (Wildman–Crippen MR) is 91.7 cm³/mol. The minimum atomic E-state index is -2.88. The van der Waals surface area contributed by atoms with Crippen molar-refractivity contribution in [3.05, 3.63) is 48.3 Å². The molecule has 0 saturated carbocycles. The first kappa shape index (κ1) is 16.7. The SMILES string of the molecule is O=C(CCc1cnn(-c2ccccc2)c1)NCC1CCS(=O)(=O)C1. The van der Waals surface area contributed by atoms with Gasteiger partial charge >= 0.3 is 0 Å². The van der Waals surface area contributed by atoms with Gasteiger partial charge in [-0.15, -0.1) is 0 Å². The summed E-state index contributed by atoms with van der Waals surface area (Å²) >= 11 is 0. The first-order valence-electron chi connectivity index (χ1n) is 8.08. The molecule has 128 valence electrons. The summed E-state index contributed by atoms with van der Waals surface area (Å²) in [6, 6.07) is 9.80. The predicted octanol–water partition coefficient (Wildman–Crippen LogP) is 1.36. The van der Waals surface area contributed by atoms with E-state index in [1.54, 1.807) is 10.9 Å². The van der Waals surface area contributed by atoms with Crippen molar-refractivity contribution in [2.45, 2.75) is 19.3 Å². The van der Waals surface area contributed by atoms with Gasteiger partial charge in [-0.1, -0.05) is 18.2 Å². The number of nitrogens with zero attached hydrogens (tertiary/aromatic N) is 2. The maximum atomic E-state index is 11.9. The van der Waals surface area contributed by atoms with Crippen LogP contribution in [0.4, 0.5) is 0 Å². The summed E-state index contributed by atoms with van der Waals surface area (Å²) in [6.45, 7) is 0.446. The number of amides is 1. The van der Waals surface area contributed by atoms with Crippen LogP contribution in [-0.4, -0.2) is 42.2 Å². The molecule has 24 heavy (non-hydrogen) atoms. The number of sulfone groups is 1. The summed E-state index contributed by atoms with van der Waals surface area (Å²) < 4.78 is 24.6. The zero-order valence-corrected chi connectivity index (χ0v) is 14.2. The van der Waals surface area contributed by atoms with Crippen molar-refractivity contribution < 1.29 is 13.2 Å². The minimum Gasteiger partial charge on any atom is -0.356 e.